The molecule has 1 amide bonds. The van der Waals surface area contributed by atoms with Gasteiger partial charge in [-0.25, -0.2) is 0 Å². The predicted molar refractivity (Wildman–Crippen MR) is 117 cm³/mol. The summed E-state index contributed by atoms with van der Waals surface area (Å²) in [6.45, 7) is 3.77. The van der Waals surface area contributed by atoms with Gasteiger partial charge >= 0.3 is 6.18 Å². The van der Waals surface area contributed by atoms with Crippen molar-refractivity contribution in [2.45, 2.75) is 37.9 Å². The second-order valence-corrected chi connectivity index (χ2v) is 8.21. The number of hydrogen-bond acceptors (Lipinski definition) is 3. The van der Waals surface area contributed by atoms with Crippen molar-refractivity contribution in [1.82, 2.24) is 10.3 Å². The Labute approximate surface area is 185 Å². The molecule has 1 N–H and O–H groups in total. The van der Waals surface area contributed by atoms with Crippen LogP contribution in [0.1, 0.15) is 53.4 Å². The number of ether oxygens (including phenoxy) is 1. The number of halogens is 3. The van der Waals surface area contributed by atoms with E-state index in [4.69, 9.17) is 4.74 Å². The second-order valence-electron chi connectivity index (χ2n) is 8.21. The van der Waals surface area contributed by atoms with Gasteiger partial charge in [0.2, 0.25) is 0 Å². The van der Waals surface area contributed by atoms with Gasteiger partial charge in [-0.3, -0.25) is 9.78 Å². The van der Waals surface area contributed by atoms with E-state index in [-0.39, 0.29) is 11.6 Å². The zero-order valence-corrected chi connectivity index (χ0v) is 18.1. The number of carbonyl (C=O) groups is 1. The van der Waals surface area contributed by atoms with Gasteiger partial charge in [0.15, 0.2) is 0 Å². The molecule has 0 aliphatic heterocycles. The van der Waals surface area contributed by atoms with Gasteiger partial charge in [-0.2, -0.15) is 13.2 Å². The molecule has 0 aliphatic carbocycles. The van der Waals surface area contributed by atoms with Crippen LogP contribution in [0.3, 0.4) is 0 Å². The summed E-state index contributed by atoms with van der Waals surface area (Å²) in [4.78, 5) is 16.4. The highest BCUT2D eigenvalue weighted by Gasteiger charge is 2.32. The Morgan fingerprint density at radius 2 is 1.59 bits per heavy atom. The van der Waals surface area contributed by atoms with Crippen molar-refractivity contribution < 1.29 is 22.7 Å². The molecule has 7 heteroatoms. The van der Waals surface area contributed by atoms with Crippen LogP contribution in [0, 0.1) is 0 Å². The molecule has 1 heterocycles. The van der Waals surface area contributed by atoms with E-state index in [1.165, 1.54) is 0 Å². The van der Waals surface area contributed by atoms with E-state index in [0.717, 1.165) is 29.0 Å². The number of alkyl halides is 3. The van der Waals surface area contributed by atoms with E-state index in [1.54, 1.807) is 7.11 Å². The van der Waals surface area contributed by atoms with Gasteiger partial charge in [0.1, 0.15) is 11.4 Å². The predicted octanol–water partition coefficient (Wildman–Crippen LogP) is 5.84. The Morgan fingerprint density at radius 3 is 2.12 bits per heavy atom. The van der Waals surface area contributed by atoms with Crippen molar-refractivity contribution in [1.29, 1.82) is 0 Å². The lowest BCUT2D eigenvalue weighted by atomic mass is 9.81. The number of carbonyl (C=O) groups excluding carboxylic acids is 1. The summed E-state index contributed by atoms with van der Waals surface area (Å²) in [5, 5.41) is 2.92. The highest BCUT2D eigenvalue weighted by Crippen LogP contribution is 2.34. The van der Waals surface area contributed by atoms with E-state index in [2.05, 4.69) is 10.3 Å². The molecule has 0 bridgehead atoms. The summed E-state index contributed by atoms with van der Waals surface area (Å²) >= 11 is 0. The number of nitrogens with one attached hydrogen (secondary N) is 1. The zero-order valence-electron chi connectivity index (χ0n) is 18.1. The molecule has 0 unspecified atom stereocenters. The summed E-state index contributed by atoms with van der Waals surface area (Å²) in [5.41, 5.74) is 0.533. The third kappa shape index (κ3) is 5.87. The van der Waals surface area contributed by atoms with Gasteiger partial charge in [-0.15, -0.1) is 0 Å². The summed E-state index contributed by atoms with van der Waals surface area (Å²) in [6.07, 6.45) is -3.26. The number of methoxy groups -OCH3 is 1. The van der Waals surface area contributed by atoms with Crippen molar-refractivity contribution >= 4 is 5.91 Å². The van der Waals surface area contributed by atoms with E-state index in [1.807, 2.05) is 68.4 Å². The van der Waals surface area contributed by atoms with E-state index < -0.39 is 23.2 Å². The molecule has 0 saturated carbocycles. The summed E-state index contributed by atoms with van der Waals surface area (Å²) in [7, 11) is 1.61. The van der Waals surface area contributed by atoms with Crippen molar-refractivity contribution in [2.75, 3.05) is 7.11 Å². The smallest absolute Gasteiger partial charge is 0.417 e. The van der Waals surface area contributed by atoms with E-state index in [9.17, 15) is 18.0 Å². The molecule has 2 aromatic carbocycles. The Hall–Kier alpha value is -3.35. The highest BCUT2D eigenvalue weighted by atomic mass is 19.4. The molecule has 1 aromatic heterocycles. The zero-order chi connectivity index (χ0) is 23.4. The molecule has 3 rings (SSSR count). The maximum atomic E-state index is 12.8. The number of hydrogen-bond donors (Lipinski definition) is 1. The van der Waals surface area contributed by atoms with Gasteiger partial charge in [0, 0.05) is 17.7 Å². The fourth-order valence-corrected chi connectivity index (χ4v) is 3.58. The lowest BCUT2D eigenvalue weighted by molar-refractivity contribution is -0.137. The fraction of sp³-hybridized carbons (Fsp3) is 0.280. The van der Waals surface area contributed by atoms with Crippen LogP contribution < -0.4 is 10.1 Å². The third-order valence-electron chi connectivity index (χ3n) is 5.21. The van der Waals surface area contributed by atoms with Crippen molar-refractivity contribution in [3.05, 3.63) is 95.3 Å². The third-order valence-corrected chi connectivity index (χ3v) is 5.21. The minimum Gasteiger partial charge on any atom is -0.497 e. The molecule has 4 nitrogen and oxygen atoms in total. The Morgan fingerprint density at radius 1 is 0.969 bits per heavy atom. The Balaban J connectivity index is 1.80. The molecule has 0 radical (unpaired) electrons. The number of amides is 1. The maximum Gasteiger partial charge on any atom is 0.417 e. The normalized spacial score (nSPS) is 12.8. The lowest BCUT2D eigenvalue weighted by Gasteiger charge is -2.31. The highest BCUT2D eigenvalue weighted by molar-refractivity contribution is 5.92. The SMILES string of the molecule is COc1ccc([C@@H](CC(C)(C)NC(=O)c2ccc(C(F)(F)F)cn2)c2ccccc2)cc1. The number of pyridine rings is 1. The molecule has 0 spiro atoms. The molecule has 168 valence electrons. The summed E-state index contributed by atoms with van der Waals surface area (Å²) < 4.78 is 43.5. The van der Waals surface area contributed by atoms with Gasteiger partial charge in [-0.05, 0) is 55.7 Å². The Kier molecular flexibility index (Phi) is 6.87. The van der Waals surface area contributed by atoms with Gasteiger partial charge in [0.25, 0.3) is 5.91 Å². The van der Waals surface area contributed by atoms with Crippen molar-refractivity contribution in [3.8, 4) is 5.75 Å². The van der Waals surface area contributed by atoms with Crippen LogP contribution in [-0.2, 0) is 6.18 Å². The van der Waals surface area contributed by atoms with Gasteiger partial charge < -0.3 is 10.1 Å². The van der Waals surface area contributed by atoms with E-state index in [0.29, 0.717) is 12.6 Å². The monoisotopic (exact) mass is 442 g/mol. The standard InChI is InChI=1S/C25H25F3N2O2/c1-24(2,30-23(31)22-14-11-19(16-29-22)25(26,27)28)15-21(17-7-5-4-6-8-17)18-9-12-20(32-3)13-10-18/h4-14,16,21H,15H2,1-3H3,(H,30,31)/t21-/m0/s1. The molecular formula is C25H25F3N2O2. The molecule has 0 saturated heterocycles. The first-order valence-electron chi connectivity index (χ1n) is 10.1. The van der Waals surface area contributed by atoms with Crippen molar-refractivity contribution in [2.24, 2.45) is 0 Å². The summed E-state index contributed by atoms with van der Waals surface area (Å²) in [6, 6.07) is 19.6. The first-order valence-corrected chi connectivity index (χ1v) is 10.1. The lowest BCUT2D eigenvalue weighted by Crippen LogP contribution is -2.44. The summed E-state index contributed by atoms with van der Waals surface area (Å²) in [5.74, 6) is 0.213. The minimum absolute atomic E-state index is 0.0158. The largest absolute Gasteiger partial charge is 0.497 e. The Bertz CT molecular complexity index is 1030. The average Bonchev–Trinajstić information content (AvgIpc) is 2.77. The molecule has 3 aromatic rings. The fourth-order valence-electron chi connectivity index (χ4n) is 3.58. The first-order chi connectivity index (χ1) is 15.1. The number of benzene rings is 2. The first kappa shape index (κ1) is 23.3. The van der Waals surface area contributed by atoms with Crippen LogP contribution >= 0.6 is 0 Å². The van der Waals surface area contributed by atoms with Crippen LogP contribution in [0.2, 0.25) is 0 Å². The maximum absolute atomic E-state index is 12.8. The van der Waals surface area contributed by atoms with Crippen molar-refractivity contribution in [3.63, 3.8) is 0 Å². The molecular weight excluding hydrogens is 417 g/mol. The number of aromatic nitrogens is 1. The second kappa shape index (κ2) is 9.42. The van der Waals surface area contributed by atoms with Crippen LogP contribution in [-0.4, -0.2) is 23.5 Å². The molecule has 32 heavy (non-hydrogen) atoms. The average molecular weight is 442 g/mol. The van der Waals surface area contributed by atoms with Crippen LogP contribution in [0.5, 0.6) is 5.75 Å². The number of nitrogens with zero attached hydrogens (tertiary/aromatic N) is 1. The van der Waals surface area contributed by atoms with E-state index >= 15 is 0 Å². The quantitative estimate of drug-likeness (QED) is 0.500. The van der Waals surface area contributed by atoms with Gasteiger partial charge in [-0.1, -0.05) is 42.5 Å². The molecule has 0 aliphatic rings. The van der Waals surface area contributed by atoms with Crippen LogP contribution in [0.15, 0.2) is 72.9 Å². The van der Waals surface area contributed by atoms with Crippen LogP contribution in [0.25, 0.3) is 0 Å². The van der Waals surface area contributed by atoms with Crippen LogP contribution in [0.4, 0.5) is 13.2 Å². The molecule has 0 fully saturated rings. The number of rotatable bonds is 7. The van der Waals surface area contributed by atoms with Gasteiger partial charge in [0.05, 0.1) is 12.7 Å². The topological polar surface area (TPSA) is 51.2 Å². The molecule has 1 atom stereocenters. The minimum atomic E-state index is -4.50.